The predicted molar refractivity (Wildman–Crippen MR) is 70.7 cm³/mol. The summed E-state index contributed by atoms with van der Waals surface area (Å²) in [6, 6.07) is 0.514. The van der Waals surface area contributed by atoms with Crippen LogP contribution in [-0.2, 0) is 0 Å². The Morgan fingerprint density at radius 3 is 2.88 bits per heavy atom. The highest BCUT2D eigenvalue weighted by Crippen LogP contribution is 2.28. The highest BCUT2D eigenvalue weighted by molar-refractivity contribution is 7.17. The van der Waals surface area contributed by atoms with Crippen LogP contribution in [0.15, 0.2) is 5.51 Å². The predicted octanol–water partition coefficient (Wildman–Crippen LogP) is 3.48. The van der Waals surface area contributed by atoms with E-state index < -0.39 is 0 Å². The first-order valence-corrected chi connectivity index (χ1v) is 7.12. The third-order valence-electron chi connectivity index (χ3n) is 3.11. The zero-order valence-electron chi connectivity index (χ0n) is 9.32. The highest BCUT2D eigenvalue weighted by atomic mass is 35.5. The topological polar surface area (TPSA) is 50.7 Å². The second kappa shape index (κ2) is 4.74. The van der Waals surface area contributed by atoms with Gasteiger partial charge >= 0.3 is 0 Å². The summed E-state index contributed by atoms with van der Waals surface area (Å²) in [4.78, 5) is 12.6. The monoisotopic (exact) mass is 268 g/mol. The number of nitrogens with zero attached hydrogens (tertiary/aromatic N) is 3. The van der Waals surface area contributed by atoms with Crippen molar-refractivity contribution in [2.75, 3.05) is 5.32 Å². The van der Waals surface area contributed by atoms with Gasteiger partial charge in [-0.2, -0.15) is 9.97 Å². The summed E-state index contributed by atoms with van der Waals surface area (Å²) < 4.78 is 1.000. The third-order valence-corrected chi connectivity index (χ3v) is 4.10. The van der Waals surface area contributed by atoms with Gasteiger partial charge < -0.3 is 5.32 Å². The molecular weight excluding hydrogens is 256 g/mol. The maximum atomic E-state index is 5.90. The maximum absolute atomic E-state index is 5.90. The van der Waals surface area contributed by atoms with Crippen molar-refractivity contribution in [1.82, 2.24) is 15.0 Å². The normalized spacial score (nSPS) is 17.5. The van der Waals surface area contributed by atoms with Crippen molar-refractivity contribution >= 4 is 39.1 Å². The minimum absolute atomic E-state index is 0.265. The summed E-state index contributed by atoms with van der Waals surface area (Å²) in [5, 5.41) is 3.75. The Morgan fingerprint density at radius 2 is 2.06 bits per heavy atom. The molecule has 0 atom stereocenters. The molecule has 2 aromatic heterocycles. The molecule has 2 heterocycles. The van der Waals surface area contributed by atoms with E-state index in [2.05, 4.69) is 20.3 Å². The van der Waals surface area contributed by atoms with Gasteiger partial charge in [0.1, 0.15) is 4.70 Å². The van der Waals surface area contributed by atoms with Gasteiger partial charge in [-0.05, 0) is 24.4 Å². The van der Waals surface area contributed by atoms with E-state index in [1.54, 1.807) is 16.8 Å². The average Bonchev–Trinajstić information content (AvgIpc) is 2.78. The second-order valence-electron chi connectivity index (χ2n) is 4.33. The molecule has 0 unspecified atom stereocenters. The lowest BCUT2D eigenvalue weighted by Crippen LogP contribution is -2.22. The Hall–Kier alpha value is -0.940. The Balaban J connectivity index is 1.90. The molecule has 1 N–H and O–H groups in total. The van der Waals surface area contributed by atoms with Gasteiger partial charge in [0.2, 0.25) is 5.28 Å². The number of fused-ring (bicyclic) bond motifs is 1. The molecule has 3 rings (SSSR count). The number of nitrogens with one attached hydrogen (secondary N) is 1. The van der Waals surface area contributed by atoms with Gasteiger partial charge in [0.05, 0.1) is 5.51 Å². The summed E-state index contributed by atoms with van der Waals surface area (Å²) in [6.07, 6.45) is 6.35. The molecule has 0 bridgehead atoms. The standard InChI is InChI=1S/C11H13ClN4S/c12-11-15-9-8(17-6-13-9)10(16-11)14-7-4-2-1-3-5-7/h6-7H,1-5H2,(H,14,15,16). The summed E-state index contributed by atoms with van der Waals surface area (Å²) in [5.74, 6) is 0.842. The van der Waals surface area contributed by atoms with Crippen LogP contribution in [0.1, 0.15) is 32.1 Å². The van der Waals surface area contributed by atoms with Crippen LogP contribution < -0.4 is 5.32 Å². The smallest absolute Gasteiger partial charge is 0.226 e. The van der Waals surface area contributed by atoms with Crippen LogP contribution in [0, 0.1) is 0 Å². The van der Waals surface area contributed by atoms with Crippen LogP contribution in [0.4, 0.5) is 5.82 Å². The average molecular weight is 269 g/mol. The zero-order valence-corrected chi connectivity index (χ0v) is 10.9. The second-order valence-corrected chi connectivity index (χ2v) is 5.52. The molecule has 0 aliphatic heterocycles. The molecule has 90 valence electrons. The van der Waals surface area contributed by atoms with Gasteiger partial charge in [-0.25, -0.2) is 4.98 Å². The van der Waals surface area contributed by atoms with Gasteiger partial charge in [-0.15, -0.1) is 11.3 Å². The lowest BCUT2D eigenvalue weighted by molar-refractivity contribution is 0.462. The molecule has 0 saturated heterocycles. The van der Waals surface area contributed by atoms with E-state index >= 15 is 0 Å². The Morgan fingerprint density at radius 1 is 1.24 bits per heavy atom. The van der Waals surface area contributed by atoms with E-state index in [0.717, 1.165) is 10.5 Å². The molecule has 0 radical (unpaired) electrons. The summed E-state index contributed by atoms with van der Waals surface area (Å²) in [5.41, 5.74) is 2.47. The molecule has 0 amide bonds. The van der Waals surface area contributed by atoms with E-state index in [9.17, 15) is 0 Å². The third kappa shape index (κ3) is 2.35. The number of halogens is 1. The number of aromatic nitrogens is 3. The van der Waals surface area contributed by atoms with Gasteiger partial charge in [0.25, 0.3) is 0 Å². The van der Waals surface area contributed by atoms with Crippen molar-refractivity contribution in [1.29, 1.82) is 0 Å². The number of hydrogen-bond donors (Lipinski definition) is 1. The van der Waals surface area contributed by atoms with Crippen LogP contribution in [0.25, 0.3) is 10.3 Å². The molecule has 1 fully saturated rings. The van der Waals surface area contributed by atoms with Crippen molar-refractivity contribution in [2.24, 2.45) is 0 Å². The maximum Gasteiger partial charge on any atom is 0.226 e. The number of thiazole rings is 1. The van der Waals surface area contributed by atoms with Gasteiger partial charge in [-0.3, -0.25) is 0 Å². The fraction of sp³-hybridized carbons (Fsp3) is 0.545. The van der Waals surface area contributed by atoms with E-state index in [1.807, 2.05) is 0 Å². The van der Waals surface area contributed by atoms with Gasteiger partial charge in [0, 0.05) is 6.04 Å². The first-order valence-electron chi connectivity index (χ1n) is 5.86. The molecule has 1 aliphatic rings. The van der Waals surface area contributed by atoms with Crippen molar-refractivity contribution in [2.45, 2.75) is 38.1 Å². The molecule has 1 saturated carbocycles. The Bertz CT molecular complexity index is 521. The highest BCUT2D eigenvalue weighted by Gasteiger charge is 2.16. The van der Waals surface area contributed by atoms with Crippen LogP contribution in [0.2, 0.25) is 5.28 Å². The van der Waals surface area contributed by atoms with Crippen molar-refractivity contribution in [3.8, 4) is 0 Å². The van der Waals surface area contributed by atoms with E-state index in [1.165, 1.54) is 32.1 Å². The minimum Gasteiger partial charge on any atom is -0.366 e. The Labute approximate surface area is 108 Å². The first kappa shape index (κ1) is 11.2. The molecule has 0 spiro atoms. The molecular formula is C11H13ClN4S. The van der Waals surface area contributed by atoms with E-state index in [-0.39, 0.29) is 5.28 Å². The molecule has 2 aromatic rings. The van der Waals surface area contributed by atoms with Gasteiger partial charge in [-0.1, -0.05) is 19.3 Å². The number of anilines is 1. The molecule has 6 heteroatoms. The number of rotatable bonds is 2. The van der Waals surface area contributed by atoms with Crippen molar-refractivity contribution < 1.29 is 0 Å². The molecule has 4 nitrogen and oxygen atoms in total. The number of hydrogen-bond acceptors (Lipinski definition) is 5. The quantitative estimate of drug-likeness (QED) is 0.847. The van der Waals surface area contributed by atoms with Gasteiger partial charge in [0.15, 0.2) is 11.5 Å². The summed E-state index contributed by atoms with van der Waals surface area (Å²) in [6.45, 7) is 0. The van der Waals surface area contributed by atoms with Crippen LogP contribution in [0.5, 0.6) is 0 Å². The van der Waals surface area contributed by atoms with Crippen molar-refractivity contribution in [3.05, 3.63) is 10.8 Å². The molecule has 0 aromatic carbocycles. The van der Waals surface area contributed by atoms with Crippen LogP contribution in [-0.4, -0.2) is 21.0 Å². The lowest BCUT2D eigenvalue weighted by Gasteiger charge is -2.23. The van der Waals surface area contributed by atoms with Crippen LogP contribution >= 0.6 is 22.9 Å². The van der Waals surface area contributed by atoms with Crippen molar-refractivity contribution in [3.63, 3.8) is 0 Å². The molecule has 17 heavy (non-hydrogen) atoms. The summed E-state index contributed by atoms with van der Waals surface area (Å²) >= 11 is 7.45. The van der Waals surface area contributed by atoms with Crippen LogP contribution in [0.3, 0.4) is 0 Å². The van der Waals surface area contributed by atoms with E-state index in [0.29, 0.717) is 11.7 Å². The Kier molecular flexibility index (Phi) is 3.11. The minimum atomic E-state index is 0.265. The zero-order chi connectivity index (χ0) is 11.7. The first-order chi connectivity index (χ1) is 8.33. The lowest BCUT2D eigenvalue weighted by atomic mass is 9.95. The molecule has 1 aliphatic carbocycles. The van der Waals surface area contributed by atoms with E-state index in [4.69, 9.17) is 11.6 Å². The summed E-state index contributed by atoms with van der Waals surface area (Å²) in [7, 11) is 0. The fourth-order valence-corrected chi connectivity index (χ4v) is 3.12. The fourth-order valence-electron chi connectivity index (χ4n) is 2.28. The largest absolute Gasteiger partial charge is 0.366 e. The SMILES string of the molecule is Clc1nc(NC2CCCCC2)c2scnc2n1.